The van der Waals surface area contributed by atoms with Crippen molar-refractivity contribution in [1.29, 1.82) is 5.26 Å². The third kappa shape index (κ3) is 9.48. The predicted octanol–water partition coefficient (Wildman–Crippen LogP) is 4.39. The minimum Gasteiger partial charge on any atom is -0.493 e. The zero-order valence-electron chi connectivity index (χ0n) is 24.8. The van der Waals surface area contributed by atoms with E-state index in [1.54, 1.807) is 39.0 Å². The summed E-state index contributed by atoms with van der Waals surface area (Å²) in [7, 11) is 1.21. The summed E-state index contributed by atoms with van der Waals surface area (Å²) in [4.78, 5) is 26.3. The first-order chi connectivity index (χ1) is 20.7. The van der Waals surface area contributed by atoms with E-state index in [-0.39, 0.29) is 23.5 Å². The number of rotatable bonds is 15. The van der Waals surface area contributed by atoms with Crippen LogP contribution >= 0.6 is 11.6 Å². The van der Waals surface area contributed by atoms with Gasteiger partial charge in [0.2, 0.25) is 0 Å². The molecule has 2 aromatic rings. The number of hydrogen-bond acceptors (Lipinski definition) is 10. The fourth-order valence-corrected chi connectivity index (χ4v) is 4.73. The van der Waals surface area contributed by atoms with E-state index in [0.717, 1.165) is 6.42 Å². The van der Waals surface area contributed by atoms with Crippen molar-refractivity contribution in [3.05, 3.63) is 81.7 Å². The van der Waals surface area contributed by atoms with Crippen molar-refractivity contribution in [3.63, 3.8) is 0 Å². The number of esters is 2. The van der Waals surface area contributed by atoms with E-state index in [1.165, 1.54) is 7.11 Å². The van der Waals surface area contributed by atoms with Crippen LogP contribution in [0.5, 0.6) is 11.5 Å². The molecule has 0 aliphatic carbocycles. The molecule has 0 bridgehead atoms. The van der Waals surface area contributed by atoms with Crippen molar-refractivity contribution >= 4 is 23.5 Å². The highest BCUT2D eigenvalue weighted by molar-refractivity contribution is 6.30. The monoisotopic (exact) mass is 611 g/mol. The van der Waals surface area contributed by atoms with Crippen LogP contribution < -0.4 is 20.1 Å². The lowest BCUT2D eigenvalue weighted by Gasteiger charge is -2.30. The maximum absolute atomic E-state index is 13.3. The number of halogens is 1. The molecule has 1 aliphatic heterocycles. The van der Waals surface area contributed by atoms with Crippen molar-refractivity contribution in [2.45, 2.75) is 51.7 Å². The molecule has 3 N–H and O–H groups in total. The Morgan fingerprint density at radius 1 is 1.09 bits per heavy atom. The molecule has 11 heteroatoms. The largest absolute Gasteiger partial charge is 0.493 e. The predicted molar refractivity (Wildman–Crippen MR) is 161 cm³/mol. The molecule has 2 unspecified atom stereocenters. The van der Waals surface area contributed by atoms with Gasteiger partial charge in [-0.2, -0.15) is 5.26 Å². The number of carbonyl (C=O) groups excluding carboxylic acids is 2. The van der Waals surface area contributed by atoms with Crippen LogP contribution in [0.2, 0.25) is 5.02 Å². The lowest BCUT2D eigenvalue weighted by atomic mass is 9.80. The van der Waals surface area contributed by atoms with Crippen LogP contribution in [0, 0.1) is 11.3 Å². The molecule has 1 heterocycles. The van der Waals surface area contributed by atoms with Crippen molar-refractivity contribution in [3.8, 4) is 17.6 Å². The Hall–Kier alpha value is -4.04. The number of para-hydroxylation sites is 1. The van der Waals surface area contributed by atoms with E-state index in [1.807, 2.05) is 36.4 Å². The first-order valence-corrected chi connectivity index (χ1v) is 14.4. The fraction of sp³-hybridized carbons (Fsp3) is 0.406. The van der Waals surface area contributed by atoms with Gasteiger partial charge in [-0.1, -0.05) is 29.8 Å². The Morgan fingerprint density at radius 3 is 2.51 bits per heavy atom. The summed E-state index contributed by atoms with van der Waals surface area (Å²) in [6, 6.07) is 16.3. The highest BCUT2D eigenvalue weighted by Crippen LogP contribution is 2.43. The number of nitrogens with zero attached hydrogens (tertiary/aromatic N) is 1. The van der Waals surface area contributed by atoms with Crippen LogP contribution in [0.4, 0.5) is 0 Å². The number of aliphatic hydroxyl groups is 1. The zero-order valence-corrected chi connectivity index (χ0v) is 25.6. The minimum atomic E-state index is -1.02. The Labute approximate surface area is 257 Å². The second kappa shape index (κ2) is 16.6. The number of dihydropyridines is 1. The quantitative estimate of drug-likeness (QED) is 0.196. The van der Waals surface area contributed by atoms with Gasteiger partial charge < -0.3 is 34.7 Å². The number of nitriles is 1. The molecule has 0 fully saturated rings. The van der Waals surface area contributed by atoms with E-state index >= 15 is 0 Å². The lowest BCUT2D eigenvalue weighted by Crippen LogP contribution is -2.33. The van der Waals surface area contributed by atoms with Crippen LogP contribution in [0.3, 0.4) is 0 Å². The number of unbranched alkanes of at least 4 members (excludes halogenated alkanes) is 1. The normalized spacial score (nSPS) is 15.4. The molecule has 3 rings (SSSR count). The van der Waals surface area contributed by atoms with Gasteiger partial charge in [0.15, 0.2) is 0 Å². The third-order valence-corrected chi connectivity index (χ3v) is 6.73. The lowest BCUT2D eigenvalue weighted by molar-refractivity contribution is -0.143. The summed E-state index contributed by atoms with van der Waals surface area (Å²) >= 11 is 6.38. The third-order valence-electron chi connectivity index (χ3n) is 6.50. The minimum absolute atomic E-state index is 0.0381. The standard InChI is InChI=1S/C32H38ClN3O7/c1-20(2)43-32(39)28-21(3)36-26(17-34)30(31(38)40-4)29(28)25-16-22(33)12-13-27(25)41-15-9-8-14-35-18-23(37)19-42-24-10-6-5-7-11-24/h5-7,10-13,16,20,23,29,35-37H,8-9,14-15,18-19H2,1-4H3. The molecule has 0 spiro atoms. The topological polar surface area (TPSA) is 139 Å². The number of hydrogen-bond donors (Lipinski definition) is 3. The molecular formula is C32H38ClN3O7. The number of benzene rings is 2. The zero-order chi connectivity index (χ0) is 31.4. The van der Waals surface area contributed by atoms with Crippen LogP contribution in [-0.4, -0.2) is 62.7 Å². The Balaban J connectivity index is 1.69. The fourth-order valence-electron chi connectivity index (χ4n) is 4.55. The number of allylic oxidation sites excluding steroid dienone is 2. The molecule has 2 aromatic carbocycles. The van der Waals surface area contributed by atoms with Crippen molar-refractivity contribution in [2.75, 3.05) is 33.4 Å². The second-order valence-corrected chi connectivity index (χ2v) is 10.6. The van der Waals surface area contributed by atoms with Gasteiger partial charge in [0.1, 0.15) is 36.0 Å². The van der Waals surface area contributed by atoms with Gasteiger partial charge in [-0.05, 0) is 70.5 Å². The summed E-state index contributed by atoms with van der Waals surface area (Å²) in [5.41, 5.74) is 0.866. The molecule has 0 aromatic heterocycles. The Morgan fingerprint density at radius 2 is 1.84 bits per heavy atom. The second-order valence-electron chi connectivity index (χ2n) is 10.2. The molecule has 0 radical (unpaired) electrons. The van der Waals surface area contributed by atoms with Gasteiger partial charge in [0.05, 0.1) is 36.9 Å². The molecule has 0 saturated carbocycles. The van der Waals surface area contributed by atoms with Gasteiger partial charge >= 0.3 is 11.9 Å². The van der Waals surface area contributed by atoms with E-state index in [9.17, 15) is 20.0 Å². The molecule has 10 nitrogen and oxygen atoms in total. The van der Waals surface area contributed by atoms with E-state index in [2.05, 4.69) is 10.6 Å². The molecule has 0 amide bonds. The molecule has 1 aliphatic rings. The van der Waals surface area contributed by atoms with E-state index in [4.69, 9.17) is 30.5 Å². The van der Waals surface area contributed by atoms with Gasteiger partial charge in [-0.15, -0.1) is 0 Å². The number of aliphatic hydroxyl groups excluding tert-OH is 1. The van der Waals surface area contributed by atoms with E-state index < -0.39 is 30.1 Å². The number of nitrogens with one attached hydrogen (secondary N) is 2. The van der Waals surface area contributed by atoms with Crippen LogP contribution in [0.1, 0.15) is 45.1 Å². The maximum atomic E-state index is 13.3. The smallest absolute Gasteiger partial charge is 0.337 e. The summed E-state index contributed by atoms with van der Waals surface area (Å²) in [6.45, 7) is 6.64. The van der Waals surface area contributed by atoms with Crippen LogP contribution in [0.15, 0.2) is 71.1 Å². The first-order valence-electron chi connectivity index (χ1n) is 14.1. The summed E-state index contributed by atoms with van der Waals surface area (Å²) in [5, 5.41) is 26.4. The van der Waals surface area contributed by atoms with Gasteiger partial charge in [-0.25, -0.2) is 9.59 Å². The van der Waals surface area contributed by atoms with Crippen LogP contribution in [-0.2, 0) is 19.1 Å². The first kappa shape index (κ1) is 33.5. The van der Waals surface area contributed by atoms with Gasteiger partial charge in [-0.3, -0.25) is 0 Å². The van der Waals surface area contributed by atoms with Crippen molar-refractivity contribution in [2.24, 2.45) is 0 Å². The maximum Gasteiger partial charge on any atom is 0.337 e. The molecular weight excluding hydrogens is 574 g/mol. The molecule has 43 heavy (non-hydrogen) atoms. The number of ether oxygens (including phenoxy) is 4. The SMILES string of the molecule is COC(=O)C1=C(C#N)NC(C)=C(C(=O)OC(C)C)C1c1cc(Cl)ccc1OCCCCNCC(O)COc1ccccc1. The average molecular weight is 612 g/mol. The number of carbonyl (C=O) groups is 2. The number of methoxy groups -OCH3 is 1. The van der Waals surface area contributed by atoms with Crippen LogP contribution in [0.25, 0.3) is 0 Å². The Bertz CT molecular complexity index is 1370. The molecule has 230 valence electrons. The average Bonchev–Trinajstić information content (AvgIpc) is 2.99. The summed E-state index contributed by atoms with van der Waals surface area (Å²) in [5.74, 6) is -1.33. The molecule has 0 saturated heterocycles. The van der Waals surface area contributed by atoms with Crippen molar-refractivity contribution < 1.29 is 33.6 Å². The van der Waals surface area contributed by atoms with Gasteiger partial charge in [0, 0.05) is 22.8 Å². The highest BCUT2D eigenvalue weighted by atomic mass is 35.5. The van der Waals surface area contributed by atoms with E-state index in [0.29, 0.717) is 53.9 Å². The van der Waals surface area contributed by atoms with Crippen molar-refractivity contribution in [1.82, 2.24) is 10.6 Å². The van der Waals surface area contributed by atoms with Gasteiger partial charge in [0.25, 0.3) is 0 Å². The Kier molecular flexibility index (Phi) is 12.9. The summed E-state index contributed by atoms with van der Waals surface area (Å²) in [6.07, 6.45) is 0.372. The summed E-state index contributed by atoms with van der Waals surface area (Å²) < 4.78 is 22.2. The molecule has 2 atom stereocenters. The highest BCUT2D eigenvalue weighted by Gasteiger charge is 2.40.